The SMILES string of the molecule is O=C(O)[C@@H](Cc1ccc(Cl)cc1)c1cccc(Br)c1. The molecule has 0 saturated heterocycles. The van der Waals surface area contributed by atoms with E-state index in [1.807, 2.05) is 36.4 Å². The number of benzene rings is 2. The Bertz CT molecular complexity index is 581. The zero-order valence-electron chi connectivity index (χ0n) is 10.0. The second-order valence-corrected chi connectivity index (χ2v) is 5.63. The van der Waals surface area contributed by atoms with Crippen molar-refractivity contribution < 1.29 is 9.90 Å². The summed E-state index contributed by atoms with van der Waals surface area (Å²) < 4.78 is 0.882. The van der Waals surface area contributed by atoms with Crippen molar-refractivity contribution in [3.63, 3.8) is 0 Å². The van der Waals surface area contributed by atoms with Crippen LogP contribution in [0.1, 0.15) is 17.0 Å². The highest BCUT2D eigenvalue weighted by atomic mass is 79.9. The fourth-order valence-electron chi connectivity index (χ4n) is 1.93. The predicted octanol–water partition coefficient (Wildman–Crippen LogP) is 4.51. The van der Waals surface area contributed by atoms with Crippen LogP contribution >= 0.6 is 27.5 Å². The zero-order valence-corrected chi connectivity index (χ0v) is 12.4. The van der Waals surface area contributed by atoms with Gasteiger partial charge in [-0.25, -0.2) is 0 Å². The molecule has 1 atom stereocenters. The first kappa shape index (κ1) is 14.1. The van der Waals surface area contributed by atoms with Gasteiger partial charge in [0.2, 0.25) is 0 Å². The van der Waals surface area contributed by atoms with E-state index in [0.29, 0.717) is 11.4 Å². The number of rotatable bonds is 4. The van der Waals surface area contributed by atoms with Crippen molar-refractivity contribution in [2.45, 2.75) is 12.3 Å². The van der Waals surface area contributed by atoms with Crippen LogP contribution in [0.5, 0.6) is 0 Å². The monoisotopic (exact) mass is 338 g/mol. The maximum absolute atomic E-state index is 11.4. The normalized spacial score (nSPS) is 12.1. The van der Waals surface area contributed by atoms with E-state index in [-0.39, 0.29) is 0 Å². The van der Waals surface area contributed by atoms with E-state index < -0.39 is 11.9 Å². The summed E-state index contributed by atoms with van der Waals surface area (Å²) in [4.78, 5) is 11.4. The lowest BCUT2D eigenvalue weighted by Gasteiger charge is -2.13. The van der Waals surface area contributed by atoms with Gasteiger partial charge in [-0.2, -0.15) is 0 Å². The standard InChI is InChI=1S/C15H12BrClO2/c16-12-3-1-2-11(9-12)14(15(18)19)8-10-4-6-13(17)7-5-10/h1-7,9,14H,8H2,(H,18,19)/t14-/m0/s1. The summed E-state index contributed by atoms with van der Waals surface area (Å²) in [6.07, 6.45) is 0.447. The second kappa shape index (κ2) is 6.22. The minimum atomic E-state index is -0.826. The smallest absolute Gasteiger partial charge is 0.311 e. The van der Waals surface area contributed by atoms with Gasteiger partial charge in [0.1, 0.15) is 0 Å². The zero-order chi connectivity index (χ0) is 13.8. The Labute approximate surface area is 125 Å². The summed E-state index contributed by atoms with van der Waals surface area (Å²) in [6.45, 7) is 0. The minimum absolute atomic E-state index is 0.447. The first-order chi connectivity index (χ1) is 9.06. The number of carboxylic acid groups (broad SMARTS) is 1. The third kappa shape index (κ3) is 3.82. The molecule has 0 spiro atoms. The summed E-state index contributed by atoms with van der Waals surface area (Å²) in [5, 5.41) is 10.0. The molecule has 0 aliphatic rings. The van der Waals surface area contributed by atoms with E-state index in [2.05, 4.69) is 15.9 Å². The molecular formula is C15H12BrClO2. The lowest BCUT2D eigenvalue weighted by Crippen LogP contribution is -2.14. The first-order valence-corrected chi connectivity index (χ1v) is 6.96. The van der Waals surface area contributed by atoms with Crippen LogP contribution in [0.4, 0.5) is 0 Å². The largest absolute Gasteiger partial charge is 0.481 e. The summed E-state index contributed by atoms with van der Waals surface area (Å²) in [7, 11) is 0. The Morgan fingerprint density at radius 3 is 2.47 bits per heavy atom. The highest BCUT2D eigenvalue weighted by Crippen LogP contribution is 2.24. The van der Waals surface area contributed by atoms with Crippen molar-refractivity contribution in [3.8, 4) is 0 Å². The molecule has 0 unspecified atom stereocenters. The van der Waals surface area contributed by atoms with Gasteiger partial charge in [-0.3, -0.25) is 4.79 Å². The van der Waals surface area contributed by atoms with Crippen molar-refractivity contribution in [1.29, 1.82) is 0 Å². The summed E-state index contributed by atoms with van der Waals surface area (Å²) >= 11 is 9.19. The second-order valence-electron chi connectivity index (χ2n) is 4.28. The van der Waals surface area contributed by atoms with Gasteiger partial charge in [-0.15, -0.1) is 0 Å². The van der Waals surface area contributed by atoms with E-state index in [1.54, 1.807) is 12.1 Å². The number of halogens is 2. The molecule has 0 saturated carbocycles. The number of carboxylic acids is 1. The van der Waals surface area contributed by atoms with Gasteiger partial charge in [-0.05, 0) is 41.8 Å². The molecule has 0 aliphatic heterocycles. The quantitative estimate of drug-likeness (QED) is 0.889. The molecule has 2 rings (SSSR count). The van der Waals surface area contributed by atoms with Crippen LogP contribution in [-0.4, -0.2) is 11.1 Å². The van der Waals surface area contributed by atoms with Crippen molar-refractivity contribution in [1.82, 2.24) is 0 Å². The highest BCUT2D eigenvalue weighted by Gasteiger charge is 2.20. The van der Waals surface area contributed by atoms with Crippen LogP contribution in [0, 0.1) is 0 Å². The predicted molar refractivity (Wildman–Crippen MR) is 79.7 cm³/mol. The Kier molecular flexibility index (Phi) is 4.61. The third-order valence-corrected chi connectivity index (χ3v) is 3.65. The molecule has 0 fully saturated rings. The molecule has 0 heterocycles. The summed E-state index contributed by atoms with van der Waals surface area (Å²) in [6, 6.07) is 14.7. The maximum atomic E-state index is 11.4. The van der Waals surface area contributed by atoms with Crippen LogP contribution in [0.15, 0.2) is 53.0 Å². The molecule has 0 amide bonds. The number of hydrogen-bond donors (Lipinski definition) is 1. The molecule has 98 valence electrons. The average molecular weight is 340 g/mol. The summed E-state index contributed by atoms with van der Waals surface area (Å²) in [5.74, 6) is -1.38. The van der Waals surface area contributed by atoms with E-state index in [9.17, 15) is 9.90 Å². The van der Waals surface area contributed by atoms with Crippen LogP contribution < -0.4 is 0 Å². The van der Waals surface area contributed by atoms with E-state index in [4.69, 9.17) is 11.6 Å². The molecule has 2 aromatic rings. The topological polar surface area (TPSA) is 37.3 Å². The first-order valence-electron chi connectivity index (χ1n) is 5.79. The van der Waals surface area contributed by atoms with Gasteiger partial charge in [0, 0.05) is 9.50 Å². The van der Waals surface area contributed by atoms with Crippen LogP contribution in [-0.2, 0) is 11.2 Å². The fourth-order valence-corrected chi connectivity index (χ4v) is 2.47. The lowest BCUT2D eigenvalue weighted by atomic mass is 9.92. The van der Waals surface area contributed by atoms with Gasteiger partial charge >= 0.3 is 5.97 Å². The molecule has 0 radical (unpaired) electrons. The Morgan fingerprint density at radius 1 is 1.21 bits per heavy atom. The minimum Gasteiger partial charge on any atom is -0.481 e. The fraction of sp³-hybridized carbons (Fsp3) is 0.133. The molecule has 2 aromatic carbocycles. The third-order valence-electron chi connectivity index (χ3n) is 2.90. The van der Waals surface area contributed by atoms with Gasteiger partial charge < -0.3 is 5.11 Å². The van der Waals surface area contributed by atoms with Gasteiger partial charge in [-0.1, -0.05) is 51.8 Å². The van der Waals surface area contributed by atoms with Crippen LogP contribution in [0.3, 0.4) is 0 Å². The molecule has 19 heavy (non-hydrogen) atoms. The molecule has 0 bridgehead atoms. The Hall–Kier alpha value is -1.32. The van der Waals surface area contributed by atoms with Crippen molar-refractivity contribution in [2.75, 3.05) is 0 Å². The molecule has 0 aromatic heterocycles. The number of aliphatic carboxylic acids is 1. The molecule has 4 heteroatoms. The molecule has 2 nitrogen and oxygen atoms in total. The molecular weight excluding hydrogens is 328 g/mol. The van der Waals surface area contributed by atoms with Gasteiger partial charge in [0.15, 0.2) is 0 Å². The maximum Gasteiger partial charge on any atom is 0.311 e. The van der Waals surface area contributed by atoms with Gasteiger partial charge in [0.05, 0.1) is 5.92 Å². The lowest BCUT2D eigenvalue weighted by molar-refractivity contribution is -0.138. The van der Waals surface area contributed by atoms with Crippen molar-refractivity contribution in [3.05, 3.63) is 69.2 Å². The van der Waals surface area contributed by atoms with Gasteiger partial charge in [0.25, 0.3) is 0 Å². The van der Waals surface area contributed by atoms with E-state index in [0.717, 1.165) is 15.6 Å². The average Bonchev–Trinajstić information content (AvgIpc) is 2.37. The van der Waals surface area contributed by atoms with Crippen LogP contribution in [0.2, 0.25) is 5.02 Å². The summed E-state index contributed by atoms with van der Waals surface area (Å²) in [5.41, 5.74) is 1.74. The van der Waals surface area contributed by atoms with E-state index >= 15 is 0 Å². The molecule has 1 N–H and O–H groups in total. The van der Waals surface area contributed by atoms with Crippen molar-refractivity contribution in [2.24, 2.45) is 0 Å². The van der Waals surface area contributed by atoms with E-state index in [1.165, 1.54) is 0 Å². The molecule has 0 aliphatic carbocycles. The number of carbonyl (C=O) groups is 1. The Balaban J connectivity index is 2.26. The Morgan fingerprint density at radius 2 is 1.89 bits per heavy atom. The van der Waals surface area contributed by atoms with Crippen LogP contribution in [0.25, 0.3) is 0 Å². The number of hydrogen-bond acceptors (Lipinski definition) is 1. The highest BCUT2D eigenvalue weighted by molar-refractivity contribution is 9.10. The van der Waals surface area contributed by atoms with Crippen molar-refractivity contribution >= 4 is 33.5 Å².